The number of amides is 1. The zero-order valence-electron chi connectivity index (χ0n) is 13.3. The Kier molecular flexibility index (Phi) is 5.88. The van der Waals surface area contributed by atoms with Gasteiger partial charge in [0.15, 0.2) is 24.2 Å². The van der Waals surface area contributed by atoms with Crippen LogP contribution in [0.25, 0.3) is 0 Å². The van der Waals surface area contributed by atoms with Gasteiger partial charge in [0.25, 0.3) is 0 Å². The summed E-state index contributed by atoms with van der Waals surface area (Å²) >= 11 is 1.24. The molecule has 0 spiro atoms. The number of fused-ring (bicyclic) bond motifs is 1. The molecule has 2 heterocycles. The van der Waals surface area contributed by atoms with Gasteiger partial charge in [-0.25, -0.2) is 4.79 Å². The van der Waals surface area contributed by atoms with Crippen molar-refractivity contribution in [2.45, 2.75) is 30.0 Å². The molecule has 160 valence electrons. The fourth-order valence-corrected chi connectivity index (χ4v) is 2.54. The lowest BCUT2D eigenvalue weighted by molar-refractivity contribution is -0.398. The number of carbonyl (C=O) groups excluding carboxylic acids is 1. The van der Waals surface area contributed by atoms with Gasteiger partial charge in [-0.05, 0) is 0 Å². The summed E-state index contributed by atoms with van der Waals surface area (Å²) in [5.74, 6) is -19.1. The molecule has 0 saturated heterocycles. The molecule has 0 bridgehead atoms. The number of nitrogens with one attached hydrogen (secondary N) is 1. The van der Waals surface area contributed by atoms with Crippen LogP contribution in [0.3, 0.4) is 0 Å². The number of hydrogen-bond donors (Lipinski definition) is 1. The lowest BCUT2D eigenvalue weighted by Gasteiger charge is -2.33. The molecular formula is C13H10F9NO4S. The second-order valence-corrected chi connectivity index (χ2v) is 6.20. The molecule has 1 aromatic heterocycles. The number of alkyl carbamates (subject to hydrolysis) is 1. The molecule has 1 amide bonds. The molecule has 0 aromatic carbocycles. The fourth-order valence-electron chi connectivity index (χ4n) is 1.86. The Bertz CT molecular complexity index is 706. The maximum absolute atomic E-state index is 13.2. The van der Waals surface area contributed by atoms with Crippen molar-refractivity contribution in [3.63, 3.8) is 0 Å². The van der Waals surface area contributed by atoms with E-state index in [9.17, 15) is 44.3 Å². The van der Waals surface area contributed by atoms with Crippen LogP contribution in [-0.2, 0) is 4.74 Å². The zero-order chi connectivity index (χ0) is 21.4. The molecule has 0 aliphatic carbocycles. The second-order valence-electron chi connectivity index (χ2n) is 5.46. The Morgan fingerprint density at radius 1 is 1.07 bits per heavy atom. The fraction of sp³-hybridized carbons (Fsp3) is 0.615. The highest BCUT2D eigenvalue weighted by Crippen LogP contribution is 2.53. The summed E-state index contributed by atoms with van der Waals surface area (Å²) in [6.07, 6.45) is -9.52. The molecule has 28 heavy (non-hydrogen) atoms. The van der Waals surface area contributed by atoms with Crippen molar-refractivity contribution in [1.29, 1.82) is 0 Å². The van der Waals surface area contributed by atoms with Crippen LogP contribution in [0.4, 0.5) is 44.3 Å². The van der Waals surface area contributed by atoms with E-state index in [4.69, 9.17) is 9.47 Å². The van der Waals surface area contributed by atoms with E-state index in [2.05, 4.69) is 4.74 Å². The van der Waals surface area contributed by atoms with E-state index in [1.807, 2.05) is 5.32 Å². The molecule has 0 radical (unpaired) electrons. The van der Waals surface area contributed by atoms with Crippen LogP contribution in [-0.4, -0.2) is 55.9 Å². The molecule has 0 fully saturated rings. The van der Waals surface area contributed by atoms with Crippen molar-refractivity contribution in [3.05, 3.63) is 10.8 Å². The van der Waals surface area contributed by atoms with Gasteiger partial charge in [0, 0.05) is 10.8 Å². The van der Waals surface area contributed by atoms with E-state index < -0.39 is 49.3 Å². The summed E-state index contributed by atoms with van der Waals surface area (Å²) in [6.45, 7) is -3.20. The first kappa shape index (κ1) is 22.2. The molecule has 0 saturated carbocycles. The van der Waals surface area contributed by atoms with Crippen LogP contribution >= 0.6 is 11.3 Å². The van der Waals surface area contributed by atoms with Crippen LogP contribution < -0.4 is 14.8 Å². The number of carbonyl (C=O) groups is 1. The number of thiophene rings is 1. The zero-order valence-corrected chi connectivity index (χ0v) is 14.1. The molecule has 1 atom stereocenters. The highest BCUT2D eigenvalue weighted by atomic mass is 32.1. The molecule has 15 heteroatoms. The third-order valence-electron chi connectivity index (χ3n) is 3.38. The molecular weight excluding hydrogens is 437 g/mol. The highest BCUT2D eigenvalue weighted by molar-refractivity contribution is 7.08. The molecule has 1 N–H and O–H groups in total. The Balaban J connectivity index is 1.87. The number of ether oxygens (including phenoxy) is 3. The summed E-state index contributed by atoms with van der Waals surface area (Å²) in [7, 11) is 0. The molecule has 2 rings (SSSR count). The van der Waals surface area contributed by atoms with Crippen molar-refractivity contribution in [2.24, 2.45) is 0 Å². The minimum absolute atomic E-state index is 0.0734. The summed E-state index contributed by atoms with van der Waals surface area (Å²) in [4.78, 5) is 11.3. The van der Waals surface area contributed by atoms with Crippen LogP contribution in [0, 0.1) is 0 Å². The van der Waals surface area contributed by atoms with Gasteiger partial charge in [0.05, 0.1) is 6.54 Å². The van der Waals surface area contributed by atoms with Crippen LogP contribution in [0.1, 0.15) is 0 Å². The number of halogens is 9. The van der Waals surface area contributed by atoms with E-state index in [0.717, 1.165) is 0 Å². The third kappa shape index (κ3) is 4.17. The van der Waals surface area contributed by atoms with E-state index >= 15 is 0 Å². The van der Waals surface area contributed by atoms with Crippen molar-refractivity contribution in [1.82, 2.24) is 5.32 Å². The van der Waals surface area contributed by atoms with Gasteiger partial charge < -0.3 is 19.5 Å². The van der Waals surface area contributed by atoms with Crippen molar-refractivity contribution in [3.8, 4) is 11.5 Å². The third-order valence-corrected chi connectivity index (χ3v) is 4.08. The normalized spacial score (nSPS) is 18.0. The average Bonchev–Trinajstić information content (AvgIpc) is 3.04. The number of rotatable bonds is 6. The van der Waals surface area contributed by atoms with Gasteiger partial charge in [-0.3, -0.25) is 0 Å². The first-order valence-electron chi connectivity index (χ1n) is 7.15. The van der Waals surface area contributed by atoms with Crippen LogP contribution in [0.15, 0.2) is 10.8 Å². The first-order chi connectivity index (χ1) is 12.7. The Morgan fingerprint density at radius 2 is 1.68 bits per heavy atom. The Labute approximate surface area is 154 Å². The maximum atomic E-state index is 13.2. The van der Waals surface area contributed by atoms with Crippen molar-refractivity contribution >= 4 is 17.4 Å². The smallest absolute Gasteiger partial charge is 0.460 e. The van der Waals surface area contributed by atoms with Crippen molar-refractivity contribution < 1.29 is 58.5 Å². The predicted molar refractivity (Wildman–Crippen MR) is 74.5 cm³/mol. The van der Waals surface area contributed by atoms with Gasteiger partial charge in [-0.1, -0.05) is 0 Å². The highest BCUT2D eigenvalue weighted by Gasteiger charge is 2.82. The Morgan fingerprint density at radius 3 is 2.29 bits per heavy atom. The van der Waals surface area contributed by atoms with E-state index in [1.54, 1.807) is 10.8 Å². The monoisotopic (exact) mass is 447 g/mol. The SMILES string of the molecule is O=C(NCC1COc2cscc2O1)OCC(F)(F)C(F)(F)C(F)(F)C(F)(F)F. The summed E-state index contributed by atoms with van der Waals surface area (Å²) < 4.78 is 128. The number of alkyl halides is 9. The van der Waals surface area contributed by atoms with E-state index in [0.29, 0.717) is 11.5 Å². The molecule has 5 nitrogen and oxygen atoms in total. The average molecular weight is 447 g/mol. The van der Waals surface area contributed by atoms with Crippen LogP contribution in [0.5, 0.6) is 11.5 Å². The summed E-state index contributed by atoms with van der Waals surface area (Å²) in [6, 6.07) is 0. The largest absolute Gasteiger partial charge is 0.485 e. The van der Waals surface area contributed by atoms with Gasteiger partial charge in [-0.2, -0.15) is 39.5 Å². The number of hydrogen-bond acceptors (Lipinski definition) is 5. The Hall–Kier alpha value is -2.06. The van der Waals surface area contributed by atoms with E-state index in [-0.39, 0.29) is 6.61 Å². The molecule has 1 unspecified atom stereocenters. The van der Waals surface area contributed by atoms with Crippen molar-refractivity contribution in [2.75, 3.05) is 19.8 Å². The molecule has 1 aliphatic heterocycles. The second kappa shape index (κ2) is 7.40. The minimum Gasteiger partial charge on any atom is -0.485 e. The maximum Gasteiger partial charge on any atom is 0.460 e. The lowest BCUT2D eigenvalue weighted by atomic mass is 10.0. The lowest BCUT2D eigenvalue weighted by Crippen LogP contribution is -2.62. The minimum atomic E-state index is -7.05. The standard InChI is InChI=1S/C13H10F9NO4S/c14-10(15,11(16,17)12(18,19)13(20,21)22)5-26-9(24)23-1-6-2-25-7-3-28-4-8(7)27-6/h3-4,6H,1-2,5H2,(H,23,24). The quantitative estimate of drug-likeness (QED) is 0.668. The summed E-state index contributed by atoms with van der Waals surface area (Å²) in [5.41, 5.74) is 0. The van der Waals surface area contributed by atoms with Gasteiger partial charge >= 0.3 is 30.0 Å². The summed E-state index contributed by atoms with van der Waals surface area (Å²) in [5, 5.41) is 4.99. The topological polar surface area (TPSA) is 56.8 Å². The van der Waals surface area contributed by atoms with Gasteiger partial charge in [0.1, 0.15) is 6.61 Å². The molecule has 1 aromatic rings. The first-order valence-corrected chi connectivity index (χ1v) is 8.10. The predicted octanol–water partition coefficient (Wildman–Crippen LogP) is 4.08. The molecule has 1 aliphatic rings. The van der Waals surface area contributed by atoms with Crippen LogP contribution in [0.2, 0.25) is 0 Å². The van der Waals surface area contributed by atoms with Gasteiger partial charge in [0.2, 0.25) is 0 Å². The van der Waals surface area contributed by atoms with Gasteiger partial charge in [-0.15, -0.1) is 11.3 Å². The van der Waals surface area contributed by atoms with E-state index in [1.165, 1.54) is 11.3 Å².